The number of anilines is 1. The van der Waals surface area contributed by atoms with E-state index in [1.807, 2.05) is 24.0 Å². The van der Waals surface area contributed by atoms with E-state index >= 15 is 0 Å². The number of hydrogen-bond donors (Lipinski definition) is 0. The molecule has 4 rings (SSSR count). The molecule has 4 heteroatoms. The van der Waals surface area contributed by atoms with Crippen molar-refractivity contribution in [3.8, 4) is 11.3 Å². The SMILES string of the molecule is CC/C=C1/C=C(c2ccc(-c3ccnn3C)cc2)C(=O)CC(CC)C1CCC(C)CCc1ccc(N(CCC)CCCC)cc1. The molecule has 1 aliphatic carbocycles. The number of carbonyl (C=O) groups excluding carboxylic acids is 1. The van der Waals surface area contributed by atoms with Gasteiger partial charge in [-0.05, 0) is 103 Å². The first-order valence-electron chi connectivity index (χ1n) is 17.8. The zero-order valence-electron chi connectivity index (χ0n) is 28.9. The molecular weight excluding hydrogens is 550 g/mol. The fourth-order valence-corrected chi connectivity index (χ4v) is 7.00. The minimum absolute atomic E-state index is 0.281. The lowest BCUT2D eigenvalue weighted by atomic mass is 9.78. The highest BCUT2D eigenvalue weighted by Crippen LogP contribution is 2.39. The first-order chi connectivity index (χ1) is 21.9. The van der Waals surface area contributed by atoms with E-state index in [4.69, 9.17) is 0 Å². The van der Waals surface area contributed by atoms with Crippen molar-refractivity contribution in [2.24, 2.45) is 24.8 Å². The van der Waals surface area contributed by atoms with Gasteiger partial charge in [0.05, 0.1) is 5.69 Å². The van der Waals surface area contributed by atoms with Gasteiger partial charge >= 0.3 is 0 Å². The molecule has 3 unspecified atom stereocenters. The monoisotopic (exact) mass is 607 g/mol. The van der Waals surface area contributed by atoms with Crippen LogP contribution in [0.15, 0.2) is 78.5 Å². The van der Waals surface area contributed by atoms with Gasteiger partial charge in [0.25, 0.3) is 0 Å². The maximum absolute atomic E-state index is 13.7. The standard InChI is InChI=1S/C41H57N3O/c1-7-11-28-44(27-9-3)37-22-16-32(17-23-37)15-13-31(5)14-24-38-33(10-4)30-41(45)39(29-36(38)12-8-2)34-18-20-35(21-19-34)40-25-26-42-43(40)6/h12,16-23,25-26,29,31,33,38H,7-11,13-15,24,27-28,30H2,1-6H3/b36-12-. The minimum atomic E-state index is 0.281. The normalized spacial score (nSPS) is 18.6. The van der Waals surface area contributed by atoms with Gasteiger partial charge < -0.3 is 4.90 Å². The lowest BCUT2D eigenvalue weighted by Crippen LogP contribution is -2.25. The number of benzene rings is 2. The molecule has 2 aromatic carbocycles. The number of hydrogen-bond acceptors (Lipinski definition) is 3. The summed E-state index contributed by atoms with van der Waals surface area (Å²) in [6.07, 6.45) is 17.4. The van der Waals surface area contributed by atoms with Crippen LogP contribution in [0.4, 0.5) is 5.69 Å². The van der Waals surface area contributed by atoms with Crippen LogP contribution in [0.5, 0.6) is 0 Å². The third-order valence-electron chi connectivity index (χ3n) is 9.81. The second-order valence-electron chi connectivity index (χ2n) is 13.2. The molecule has 0 aliphatic heterocycles. The molecule has 0 N–H and O–H groups in total. The Labute approximate surface area is 273 Å². The van der Waals surface area contributed by atoms with Gasteiger partial charge in [0.1, 0.15) is 0 Å². The molecule has 0 amide bonds. The quantitative estimate of drug-likeness (QED) is 0.163. The molecule has 1 heterocycles. The zero-order valence-corrected chi connectivity index (χ0v) is 28.9. The Morgan fingerprint density at radius 2 is 1.67 bits per heavy atom. The fourth-order valence-electron chi connectivity index (χ4n) is 7.00. The van der Waals surface area contributed by atoms with Gasteiger partial charge in [-0.1, -0.05) is 96.4 Å². The fraction of sp³-hybridized carbons (Fsp3) is 0.512. The van der Waals surface area contributed by atoms with Crippen molar-refractivity contribution in [1.82, 2.24) is 9.78 Å². The number of nitrogens with zero attached hydrogens (tertiary/aromatic N) is 3. The van der Waals surface area contributed by atoms with Crippen LogP contribution in [0.2, 0.25) is 0 Å². The molecule has 1 aliphatic rings. The maximum Gasteiger partial charge on any atom is 0.163 e. The van der Waals surface area contributed by atoms with E-state index in [0.29, 0.717) is 24.2 Å². The number of Topliss-reactive ketones (excluding diaryl/α,β-unsaturated/α-hetero) is 1. The summed E-state index contributed by atoms with van der Waals surface area (Å²) < 4.78 is 1.89. The Bertz CT molecular complexity index is 1400. The van der Waals surface area contributed by atoms with Crippen molar-refractivity contribution in [3.63, 3.8) is 0 Å². The minimum Gasteiger partial charge on any atom is -0.372 e. The summed E-state index contributed by atoms with van der Waals surface area (Å²) in [4.78, 5) is 16.2. The van der Waals surface area contributed by atoms with E-state index in [2.05, 4.69) is 105 Å². The molecule has 1 aromatic heterocycles. The number of aromatic nitrogens is 2. The van der Waals surface area contributed by atoms with E-state index in [9.17, 15) is 4.79 Å². The number of carbonyl (C=O) groups is 1. The third kappa shape index (κ3) is 9.31. The molecule has 0 fully saturated rings. The van der Waals surface area contributed by atoms with Crippen LogP contribution >= 0.6 is 0 Å². The van der Waals surface area contributed by atoms with Gasteiger partial charge in [-0.3, -0.25) is 9.48 Å². The topological polar surface area (TPSA) is 38.1 Å². The molecule has 242 valence electrons. The summed E-state index contributed by atoms with van der Waals surface area (Å²) in [6, 6.07) is 19.8. The number of unbranched alkanes of at least 4 members (excludes halogenated alkanes) is 1. The molecule has 3 aromatic rings. The lowest BCUT2D eigenvalue weighted by molar-refractivity contribution is -0.114. The Balaban J connectivity index is 1.41. The largest absolute Gasteiger partial charge is 0.372 e. The van der Waals surface area contributed by atoms with Gasteiger partial charge in [-0.2, -0.15) is 5.10 Å². The molecule has 0 radical (unpaired) electrons. The van der Waals surface area contributed by atoms with Gasteiger partial charge in [-0.15, -0.1) is 0 Å². The average Bonchev–Trinajstić information content (AvgIpc) is 3.44. The van der Waals surface area contributed by atoms with Crippen LogP contribution in [0.3, 0.4) is 0 Å². The van der Waals surface area contributed by atoms with Crippen LogP contribution in [-0.2, 0) is 18.3 Å². The summed E-state index contributed by atoms with van der Waals surface area (Å²) in [5, 5.41) is 4.31. The first kappa shape index (κ1) is 34.5. The highest BCUT2D eigenvalue weighted by Gasteiger charge is 2.30. The van der Waals surface area contributed by atoms with Crippen molar-refractivity contribution < 1.29 is 4.79 Å². The van der Waals surface area contributed by atoms with Crippen molar-refractivity contribution in [2.45, 2.75) is 98.8 Å². The summed E-state index contributed by atoms with van der Waals surface area (Å²) in [7, 11) is 1.96. The number of allylic oxidation sites excluding steroid dienone is 4. The summed E-state index contributed by atoms with van der Waals surface area (Å²) in [6.45, 7) is 13.7. The highest BCUT2D eigenvalue weighted by atomic mass is 16.1. The van der Waals surface area contributed by atoms with E-state index in [0.717, 1.165) is 61.2 Å². The van der Waals surface area contributed by atoms with E-state index in [1.165, 1.54) is 48.9 Å². The van der Waals surface area contributed by atoms with Crippen LogP contribution in [0.1, 0.15) is 104 Å². The molecule has 0 saturated carbocycles. The maximum atomic E-state index is 13.7. The summed E-state index contributed by atoms with van der Waals surface area (Å²) in [5.74, 6) is 1.74. The smallest absolute Gasteiger partial charge is 0.163 e. The Morgan fingerprint density at radius 1 is 0.933 bits per heavy atom. The van der Waals surface area contributed by atoms with Gasteiger partial charge in [0.2, 0.25) is 0 Å². The van der Waals surface area contributed by atoms with E-state index in [-0.39, 0.29) is 5.78 Å². The van der Waals surface area contributed by atoms with E-state index in [1.54, 1.807) is 0 Å². The van der Waals surface area contributed by atoms with E-state index < -0.39 is 0 Å². The van der Waals surface area contributed by atoms with Crippen molar-refractivity contribution in [2.75, 3.05) is 18.0 Å². The van der Waals surface area contributed by atoms with Crippen LogP contribution in [0.25, 0.3) is 16.8 Å². The number of rotatable bonds is 16. The molecule has 0 spiro atoms. The summed E-state index contributed by atoms with van der Waals surface area (Å²) in [5.41, 5.74) is 8.25. The molecule has 0 saturated heterocycles. The van der Waals surface area contributed by atoms with Crippen molar-refractivity contribution in [1.29, 1.82) is 0 Å². The lowest BCUT2D eigenvalue weighted by Gasteiger charge is -2.27. The molecule has 4 nitrogen and oxygen atoms in total. The Morgan fingerprint density at radius 3 is 2.29 bits per heavy atom. The van der Waals surface area contributed by atoms with Gasteiger partial charge in [0, 0.05) is 44.0 Å². The molecule has 45 heavy (non-hydrogen) atoms. The Kier molecular flexibility index (Phi) is 13.3. The zero-order chi connectivity index (χ0) is 32.2. The first-order valence-corrected chi connectivity index (χ1v) is 17.8. The third-order valence-corrected chi connectivity index (χ3v) is 9.81. The molecular formula is C41H57N3O. The van der Waals surface area contributed by atoms with Crippen LogP contribution in [-0.4, -0.2) is 28.7 Å². The molecule has 0 bridgehead atoms. The predicted octanol–water partition coefficient (Wildman–Crippen LogP) is 10.5. The van der Waals surface area contributed by atoms with Crippen molar-refractivity contribution >= 4 is 17.0 Å². The van der Waals surface area contributed by atoms with Crippen molar-refractivity contribution in [3.05, 3.63) is 89.6 Å². The predicted molar refractivity (Wildman–Crippen MR) is 192 cm³/mol. The number of ketones is 1. The molecule has 3 atom stereocenters. The number of aryl methyl sites for hydroxylation is 2. The highest BCUT2D eigenvalue weighted by molar-refractivity contribution is 6.21. The average molecular weight is 608 g/mol. The van der Waals surface area contributed by atoms with Crippen LogP contribution in [0, 0.1) is 17.8 Å². The van der Waals surface area contributed by atoms with Crippen LogP contribution < -0.4 is 4.90 Å². The second kappa shape index (κ2) is 17.3. The van der Waals surface area contributed by atoms with Gasteiger partial charge in [-0.25, -0.2) is 0 Å². The Hall–Kier alpha value is -3.40. The van der Waals surface area contributed by atoms with Gasteiger partial charge in [0.15, 0.2) is 5.78 Å². The summed E-state index contributed by atoms with van der Waals surface area (Å²) >= 11 is 0. The second-order valence-corrected chi connectivity index (χ2v) is 13.2.